The number of hydrogen-bond donors (Lipinski definition) is 0. The van der Waals surface area contributed by atoms with Gasteiger partial charge in [0.2, 0.25) is 0 Å². The Bertz CT molecular complexity index is 216. The Kier molecular flexibility index (Phi) is 3.17. The van der Waals surface area contributed by atoms with Gasteiger partial charge in [0, 0.05) is 0 Å². The van der Waals surface area contributed by atoms with E-state index >= 15 is 0 Å². The zero-order valence-corrected chi connectivity index (χ0v) is 9.25. The predicted octanol–water partition coefficient (Wildman–Crippen LogP) is 1.34. The first-order valence-electron chi connectivity index (χ1n) is 4.89. The summed E-state index contributed by atoms with van der Waals surface area (Å²) >= 11 is 0. The minimum Gasteiger partial charge on any atom is -0.465 e. The van der Waals surface area contributed by atoms with Crippen molar-refractivity contribution in [3.63, 3.8) is 0 Å². The summed E-state index contributed by atoms with van der Waals surface area (Å²) in [5.74, 6) is -1.15. The highest BCUT2D eigenvalue weighted by Crippen LogP contribution is 2.38. The Balaban J connectivity index is 2.76. The van der Waals surface area contributed by atoms with Crippen LogP contribution in [0, 0.1) is 5.41 Å². The Morgan fingerprint density at radius 3 is 2.36 bits per heavy atom. The van der Waals surface area contributed by atoms with Crippen LogP contribution in [0.5, 0.6) is 0 Å². The third kappa shape index (κ3) is 1.77. The Morgan fingerprint density at radius 2 is 1.93 bits per heavy atom. The van der Waals surface area contributed by atoms with Gasteiger partial charge in [-0.25, -0.2) is 0 Å². The van der Waals surface area contributed by atoms with E-state index in [-0.39, 0.29) is 5.97 Å². The van der Waals surface area contributed by atoms with Crippen LogP contribution in [0.1, 0.15) is 27.7 Å². The third-order valence-corrected chi connectivity index (χ3v) is 2.76. The van der Waals surface area contributed by atoms with Gasteiger partial charge in [0.15, 0.2) is 5.79 Å². The highest BCUT2D eigenvalue weighted by molar-refractivity contribution is 5.77. The van der Waals surface area contributed by atoms with E-state index in [1.807, 2.05) is 0 Å². The van der Waals surface area contributed by atoms with Gasteiger partial charge >= 0.3 is 5.97 Å². The SMILES string of the molecule is CCOC(=O)C(C)(C)C1(C)OCCO1. The summed E-state index contributed by atoms with van der Waals surface area (Å²) in [6.07, 6.45) is 0. The third-order valence-electron chi connectivity index (χ3n) is 2.76. The average molecular weight is 202 g/mol. The first-order valence-corrected chi connectivity index (χ1v) is 4.89. The summed E-state index contributed by atoms with van der Waals surface area (Å²) < 4.78 is 15.9. The van der Waals surface area contributed by atoms with Crippen LogP contribution in [0.3, 0.4) is 0 Å². The lowest BCUT2D eigenvalue weighted by atomic mass is 9.84. The quantitative estimate of drug-likeness (QED) is 0.648. The fourth-order valence-electron chi connectivity index (χ4n) is 1.37. The van der Waals surface area contributed by atoms with E-state index in [9.17, 15) is 4.79 Å². The zero-order chi connectivity index (χ0) is 10.8. The van der Waals surface area contributed by atoms with Crippen molar-refractivity contribution in [1.82, 2.24) is 0 Å². The molecule has 0 aromatic carbocycles. The van der Waals surface area contributed by atoms with Crippen LogP contribution in [-0.4, -0.2) is 31.6 Å². The van der Waals surface area contributed by atoms with E-state index in [1.165, 1.54) is 0 Å². The van der Waals surface area contributed by atoms with E-state index in [2.05, 4.69) is 0 Å². The molecule has 82 valence electrons. The van der Waals surface area contributed by atoms with Crippen molar-refractivity contribution in [3.05, 3.63) is 0 Å². The molecule has 0 spiro atoms. The summed E-state index contributed by atoms with van der Waals surface area (Å²) in [5.41, 5.74) is -0.778. The molecule has 1 saturated heterocycles. The van der Waals surface area contributed by atoms with Crippen molar-refractivity contribution >= 4 is 5.97 Å². The highest BCUT2D eigenvalue weighted by atomic mass is 16.7. The number of hydrogen-bond acceptors (Lipinski definition) is 4. The van der Waals surface area contributed by atoms with Crippen molar-refractivity contribution in [2.45, 2.75) is 33.5 Å². The van der Waals surface area contributed by atoms with E-state index in [0.29, 0.717) is 19.8 Å². The van der Waals surface area contributed by atoms with Crippen LogP contribution in [-0.2, 0) is 19.0 Å². The standard InChI is InChI=1S/C10H18O4/c1-5-12-8(11)9(2,3)10(4)13-6-7-14-10/h5-7H2,1-4H3. The van der Waals surface area contributed by atoms with Gasteiger partial charge in [0.05, 0.1) is 19.8 Å². The second-order valence-corrected chi connectivity index (χ2v) is 3.99. The lowest BCUT2D eigenvalue weighted by Gasteiger charge is -2.36. The van der Waals surface area contributed by atoms with Gasteiger partial charge in [0.1, 0.15) is 5.41 Å². The van der Waals surface area contributed by atoms with Crippen molar-refractivity contribution < 1.29 is 19.0 Å². The summed E-state index contributed by atoms with van der Waals surface area (Å²) in [6.45, 7) is 8.53. The molecule has 1 aliphatic rings. The van der Waals surface area contributed by atoms with Crippen molar-refractivity contribution in [1.29, 1.82) is 0 Å². The molecule has 1 aliphatic heterocycles. The van der Waals surface area contributed by atoms with E-state index in [0.717, 1.165) is 0 Å². The molecule has 0 aromatic heterocycles. The molecule has 0 aliphatic carbocycles. The van der Waals surface area contributed by atoms with Gasteiger partial charge in [-0.2, -0.15) is 0 Å². The summed E-state index contributed by atoms with van der Waals surface area (Å²) in [5, 5.41) is 0. The van der Waals surface area contributed by atoms with Crippen LogP contribution in [0.4, 0.5) is 0 Å². The van der Waals surface area contributed by atoms with Crippen molar-refractivity contribution in [2.75, 3.05) is 19.8 Å². The first kappa shape index (κ1) is 11.5. The predicted molar refractivity (Wildman–Crippen MR) is 50.7 cm³/mol. The largest absolute Gasteiger partial charge is 0.465 e. The zero-order valence-electron chi connectivity index (χ0n) is 9.25. The number of carbonyl (C=O) groups is 1. The van der Waals surface area contributed by atoms with Crippen LogP contribution < -0.4 is 0 Å². The highest BCUT2D eigenvalue weighted by Gasteiger charge is 2.52. The summed E-state index contributed by atoms with van der Waals surface area (Å²) in [7, 11) is 0. The molecule has 1 heterocycles. The van der Waals surface area contributed by atoms with Gasteiger partial charge in [-0.15, -0.1) is 0 Å². The smallest absolute Gasteiger partial charge is 0.316 e. The molecular weight excluding hydrogens is 184 g/mol. The second kappa shape index (κ2) is 3.87. The van der Waals surface area contributed by atoms with Gasteiger partial charge < -0.3 is 14.2 Å². The molecule has 1 rings (SSSR count). The average Bonchev–Trinajstić information content (AvgIpc) is 2.54. The topological polar surface area (TPSA) is 44.8 Å². The fraction of sp³-hybridized carbons (Fsp3) is 0.900. The molecule has 0 radical (unpaired) electrons. The van der Waals surface area contributed by atoms with Gasteiger partial charge in [0.25, 0.3) is 0 Å². The molecule has 0 atom stereocenters. The molecule has 0 unspecified atom stereocenters. The number of rotatable bonds is 3. The molecule has 0 bridgehead atoms. The molecule has 0 aromatic rings. The summed E-state index contributed by atoms with van der Waals surface area (Å²) in [4.78, 5) is 11.7. The molecule has 0 N–H and O–H groups in total. The fourth-order valence-corrected chi connectivity index (χ4v) is 1.37. The molecule has 1 fully saturated rings. The number of ether oxygens (including phenoxy) is 3. The monoisotopic (exact) mass is 202 g/mol. The minimum absolute atomic E-state index is 0.288. The molecule has 0 amide bonds. The molecule has 4 heteroatoms. The Hall–Kier alpha value is -0.610. The normalized spacial score (nSPS) is 20.9. The van der Waals surface area contributed by atoms with E-state index in [4.69, 9.17) is 14.2 Å². The van der Waals surface area contributed by atoms with Crippen LogP contribution in [0.25, 0.3) is 0 Å². The minimum atomic E-state index is -0.862. The number of carbonyl (C=O) groups excluding carboxylic acids is 1. The summed E-state index contributed by atoms with van der Waals surface area (Å²) in [6, 6.07) is 0. The van der Waals surface area contributed by atoms with Gasteiger partial charge in [-0.3, -0.25) is 4.79 Å². The second-order valence-electron chi connectivity index (χ2n) is 3.99. The Morgan fingerprint density at radius 1 is 1.43 bits per heavy atom. The molecule has 4 nitrogen and oxygen atoms in total. The van der Waals surface area contributed by atoms with Crippen LogP contribution in [0.15, 0.2) is 0 Å². The van der Waals surface area contributed by atoms with E-state index in [1.54, 1.807) is 27.7 Å². The van der Waals surface area contributed by atoms with Gasteiger partial charge in [-0.05, 0) is 27.7 Å². The van der Waals surface area contributed by atoms with E-state index < -0.39 is 11.2 Å². The van der Waals surface area contributed by atoms with Crippen molar-refractivity contribution in [2.24, 2.45) is 5.41 Å². The molecular formula is C10H18O4. The molecule has 0 saturated carbocycles. The maximum absolute atomic E-state index is 11.7. The maximum Gasteiger partial charge on any atom is 0.316 e. The molecule has 14 heavy (non-hydrogen) atoms. The lowest BCUT2D eigenvalue weighted by Crippen LogP contribution is -2.49. The maximum atomic E-state index is 11.7. The first-order chi connectivity index (χ1) is 6.44. The van der Waals surface area contributed by atoms with Crippen LogP contribution >= 0.6 is 0 Å². The van der Waals surface area contributed by atoms with Crippen LogP contribution in [0.2, 0.25) is 0 Å². The lowest BCUT2D eigenvalue weighted by molar-refractivity contribution is -0.225. The Labute approximate surface area is 84.5 Å². The number of esters is 1. The van der Waals surface area contributed by atoms with Crippen molar-refractivity contribution in [3.8, 4) is 0 Å². The van der Waals surface area contributed by atoms with Gasteiger partial charge in [-0.1, -0.05) is 0 Å².